The molecule has 1 unspecified atom stereocenters. The molecular formula is C14H21N3O3. The van der Waals surface area contributed by atoms with Crippen LogP contribution in [-0.4, -0.2) is 41.7 Å². The maximum atomic E-state index is 10.9. The summed E-state index contributed by atoms with van der Waals surface area (Å²) in [5, 5.41) is 22.9. The third-order valence-electron chi connectivity index (χ3n) is 3.87. The lowest BCUT2D eigenvalue weighted by Crippen LogP contribution is -2.21. The Morgan fingerprint density at radius 3 is 3.00 bits per heavy atom. The van der Waals surface area contributed by atoms with Crippen LogP contribution < -0.4 is 5.32 Å². The van der Waals surface area contributed by atoms with Crippen LogP contribution in [0.5, 0.6) is 0 Å². The zero-order chi connectivity index (χ0) is 14.5. The fourth-order valence-corrected chi connectivity index (χ4v) is 2.78. The van der Waals surface area contributed by atoms with Gasteiger partial charge in [0.25, 0.3) is 5.69 Å². The quantitative estimate of drug-likeness (QED) is 0.613. The highest BCUT2D eigenvalue weighted by Crippen LogP contribution is 2.26. The molecule has 0 aliphatic carbocycles. The molecule has 1 aromatic rings. The smallest absolute Gasteiger partial charge is 0.269 e. The second-order valence-electron chi connectivity index (χ2n) is 5.25. The molecule has 1 heterocycles. The van der Waals surface area contributed by atoms with E-state index in [4.69, 9.17) is 5.11 Å². The summed E-state index contributed by atoms with van der Waals surface area (Å²) in [6, 6.07) is 4.92. The molecule has 20 heavy (non-hydrogen) atoms. The van der Waals surface area contributed by atoms with E-state index < -0.39 is 0 Å². The topological polar surface area (TPSA) is 78.6 Å². The largest absolute Gasteiger partial charge is 0.396 e. The highest BCUT2D eigenvalue weighted by atomic mass is 16.6. The first-order chi connectivity index (χ1) is 9.63. The van der Waals surface area contributed by atoms with Crippen LogP contribution in [0, 0.1) is 16.0 Å². The molecule has 6 heteroatoms. The molecule has 1 saturated heterocycles. The molecule has 1 fully saturated rings. The normalized spacial score (nSPS) is 19.2. The summed E-state index contributed by atoms with van der Waals surface area (Å²) < 4.78 is 0. The average molecular weight is 279 g/mol. The van der Waals surface area contributed by atoms with Crippen LogP contribution in [0.4, 0.5) is 11.4 Å². The van der Waals surface area contributed by atoms with Gasteiger partial charge in [0.05, 0.1) is 4.92 Å². The lowest BCUT2D eigenvalue weighted by Gasteiger charge is -2.18. The van der Waals surface area contributed by atoms with Crippen LogP contribution in [0.1, 0.15) is 18.4 Å². The lowest BCUT2D eigenvalue weighted by molar-refractivity contribution is -0.384. The molecule has 6 nitrogen and oxygen atoms in total. The Balaban J connectivity index is 2.08. The van der Waals surface area contributed by atoms with Crippen molar-refractivity contribution in [1.82, 2.24) is 4.90 Å². The standard InChI is InChI=1S/C14H21N3O3/c1-15-14-3-2-13(17(19)20)8-12(14)10-16-6-4-11(9-16)5-7-18/h2-3,8,11,15,18H,4-7,9-10H2,1H3. The highest BCUT2D eigenvalue weighted by molar-refractivity contribution is 5.55. The van der Waals surface area contributed by atoms with Crippen molar-refractivity contribution >= 4 is 11.4 Å². The Labute approximate surface area is 118 Å². The summed E-state index contributed by atoms with van der Waals surface area (Å²) in [5.41, 5.74) is 2.01. The first-order valence-electron chi connectivity index (χ1n) is 6.92. The molecule has 0 bridgehead atoms. The van der Waals surface area contributed by atoms with Crippen LogP contribution in [-0.2, 0) is 6.54 Å². The van der Waals surface area contributed by atoms with Crippen molar-refractivity contribution in [3.63, 3.8) is 0 Å². The van der Waals surface area contributed by atoms with Crippen molar-refractivity contribution in [3.05, 3.63) is 33.9 Å². The number of rotatable bonds is 6. The Hall–Kier alpha value is -1.66. The fraction of sp³-hybridized carbons (Fsp3) is 0.571. The Kier molecular flexibility index (Phi) is 4.92. The van der Waals surface area contributed by atoms with Gasteiger partial charge in [0, 0.05) is 44.6 Å². The number of nitrogens with one attached hydrogen (secondary N) is 1. The zero-order valence-corrected chi connectivity index (χ0v) is 11.7. The van der Waals surface area contributed by atoms with E-state index in [0.717, 1.165) is 37.2 Å². The van der Waals surface area contributed by atoms with Crippen molar-refractivity contribution in [3.8, 4) is 0 Å². The Morgan fingerprint density at radius 2 is 2.35 bits per heavy atom. The van der Waals surface area contributed by atoms with Gasteiger partial charge in [0.2, 0.25) is 0 Å². The van der Waals surface area contributed by atoms with Crippen molar-refractivity contribution in [2.75, 3.05) is 32.1 Å². The predicted octanol–water partition coefficient (Wildman–Crippen LogP) is 1.84. The van der Waals surface area contributed by atoms with Crippen LogP contribution >= 0.6 is 0 Å². The molecule has 0 saturated carbocycles. The van der Waals surface area contributed by atoms with Gasteiger partial charge in [-0.3, -0.25) is 15.0 Å². The maximum absolute atomic E-state index is 10.9. The van der Waals surface area contributed by atoms with Gasteiger partial charge in [0.15, 0.2) is 0 Å². The minimum atomic E-state index is -0.360. The van der Waals surface area contributed by atoms with Crippen molar-refractivity contribution in [2.45, 2.75) is 19.4 Å². The summed E-state index contributed by atoms with van der Waals surface area (Å²) in [6.07, 6.45) is 1.93. The summed E-state index contributed by atoms with van der Waals surface area (Å²) in [4.78, 5) is 12.8. The summed E-state index contributed by atoms with van der Waals surface area (Å²) in [5.74, 6) is 0.539. The number of nitro benzene ring substituents is 1. The molecule has 0 aromatic heterocycles. The van der Waals surface area contributed by atoms with Gasteiger partial charge in [-0.05, 0) is 36.9 Å². The monoisotopic (exact) mass is 279 g/mol. The number of nitrogens with zero attached hydrogens (tertiary/aromatic N) is 2. The SMILES string of the molecule is CNc1ccc([N+](=O)[O-])cc1CN1CCC(CCO)C1. The number of aliphatic hydroxyl groups is 1. The van der Waals surface area contributed by atoms with Gasteiger partial charge in [0.1, 0.15) is 0 Å². The van der Waals surface area contributed by atoms with Crippen LogP contribution in [0.25, 0.3) is 0 Å². The number of non-ortho nitro benzene ring substituents is 1. The number of aliphatic hydroxyl groups excluding tert-OH is 1. The minimum absolute atomic E-state index is 0.130. The number of hydrogen-bond donors (Lipinski definition) is 2. The molecule has 1 aromatic carbocycles. The predicted molar refractivity (Wildman–Crippen MR) is 77.7 cm³/mol. The van der Waals surface area contributed by atoms with Gasteiger partial charge >= 0.3 is 0 Å². The lowest BCUT2D eigenvalue weighted by atomic mass is 10.1. The second-order valence-corrected chi connectivity index (χ2v) is 5.25. The van der Waals surface area contributed by atoms with Crippen LogP contribution in [0.3, 0.4) is 0 Å². The third kappa shape index (κ3) is 3.46. The first-order valence-corrected chi connectivity index (χ1v) is 6.92. The minimum Gasteiger partial charge on any atom is -0.396 e. The fourth-order valence-electron chi connectivity index (χ4n) is 2.78. The van der Waals surface area contributed by atoms with Gasteiger partial charge in [-0.1, -0.05) is 0 Å². The van der Waals surface area contributed by atoms with Crippen LogP contribution in [0.2, 0.25) is 0 Å². The Bertz CT molecular complexity index is 479. The van der Waals surface area contributed by atoms with Gasteiger partial charge in [-0.15, -0.1) is 0 Å². The van der Waals surface area contributed by atoms with Gasteiger partial charge in [-0.25, -0.2) is 0 Å². The number of benzene rings is 1. The molecular weight excluding hydrogens is 258 g/mol. The molecule has 1 aliphatic rings. The third-order valence-corrected chi connectivity index (χ3v) is 3.87. The maximum Gasteiger partial charge on any atom is 0.269 e. The molecule has 1 atom stereocenters. The summed E-state index contributed by atoms with van der Waals surface area (Å²) in [7, 11) is 1.82. The number of hydrogen-bond acceptors (Lipinski definition) is 5. The van der Waals surface area contributed by atoms with E-state index in [1.807, 2.05) is 7.05 Å². The molecule has 110 valence electrons. The van der Waals surface area contributed by atoms with Crippen molar-refractivity contribution in [2.24, 2.45) is 5.92 Å². The van der Waals surface area contributed by atoms with E-state index in [2.05, 4.69) is 10.2 Å². The highest BCUT2D eigenvalue weighted by Gasteiger charge is 2.23. The molecule has 0 amide bonds. The van der Waals surface area contributed by atoms with E-state index >= 15 is 0 Å². The van der Waals surface area contributed by atoms with E-state index in [0.29, 0.717) is 12.5 Å². The first kappa shape index (κ1) is 14.7. The van der Waals surface area contributed by atoms with Crippen molar-refractivity contribution < 1.29 is 10.0 Å². The van der Waals surface area contributed by atoms with E-state index in [1.165, 1.54) is 6.07 Å². The average Bonchev–Trinajstić information content (AvgIpc) is 2.86. The number of anilines is 1. The van der Waals surface area contributed by atoms with Crippen molar-refractivity contribution in [1.29, 1.82) is 0 Å². The van der Waals surface area contributed by atoms with E-state index in [1.54, 1.807) is 12.1 Å². The van der Waals surface area contributed by atoms with Gasteiger partial charge in [-0.2, -0.15) is 0 Å². The van der Waals surface area contributed by atoms with Crippen LogP contribution in [0.15, 0.2) is 18.2 Å². The summed E-state index contributed by atoms with van der Waals surface area (Å²) >= 11 is 0. The summed E-state index contributed by atoms with van der Waals surface area (Å²) in [6.45, 7) is 2.87. The Morgan fingerprint density at radius 1 is 1.55 bits per heavy atom. The zero-order valence-electron chi connectivity index (χ0n) is 11.7. The molecule has 1 aliphatic heterocycles. The van der Waals surface area contributed by atoms with E-state index in [-0.39, 0.29) is 17.2 Å². The van der Waals surface area contributed by atoms with E-state index in [9.17, 15) is 10.1 Å². The molecule has 2 N–H and O–H groups in total. The van der Waals surface area contributed by atoms with Gasteiger partial charge < -0.3 is 10.4 Å². The molecule has 0 spiro atoms. The molecule has 2 rings (SSSR count). The number of nitro groups is 1. The second kappa shape index (κ2) is 6.67. The number of likely N-dealkylation sites (tertiary alicyclic amines) is 1. The molecule has 0 radical (unpaired) electrons.